The summed E-state index contributed by atoms with van der Waals surface area (Å²) < 4.78 is 4.48. The summed E-state index contributed by atoms with van der Waals surface area (Å²) >= 11 is 1.65. The molecule has 88 valence electrons. The zero-order valence-electron chi connectivity index (χ0n) is 9.70. The number of methoxy groups -OCH3 is 1. The summed E-state index contributed by atoms with van der Waals surface area (Å²) in [6.45, 7) is 3.65. The molecule has 4 nitrogen and oxygen atoms in total. The van der Waals surface area contributed by atoms with Gasteiger partial charge < -0.3 is 10.1 Å². The lowest BCUT2D eigenvalue weighted by Crippen LogP contribution is -2.43. The summed E-state index contributed by atoms with van der Waals surface area (Å²) in [6.07, 6.45) is 2.07. The average molecular weight is 233 g/mol. The third-order valence-electron chi connectivity index (χ3n) is 2.00. The molecule has 0 heterocycles. The van der Waals surface area contributed by atoms with E-state index in [4.69, 9.17) is 0 Å². The van der Waals surface area contributed by atoms with Crippen molar-refractivity contribution in [2.45, 2.75) is 26.3 Å². The van der Waals surface area contributed by atoms with Gasteiger partial charge in [0, 0.05) is 5.92 Å². The van der Waals surface area contributed by atoms with Gasteiger partial charge in [-0.05, 0) is 18.4 Å². The van der Waals surface area contributed by atoms with Crippen LogP contribution in [-0.2, 0) is 9.53 Å². The number of ketones is 1. The number of alkyl carbamates (subject to hydrolysis) is 1. The third kappa shape index (κ3) is 5.67. The molecule has 1 amide bonds. The highest BCUT2D eigenvalue weighted by molar-refractivity contribution is 7.98. The van der Waals surface area contributed by atoms with Crippen molar-refractivity contribution in [1.82, 2.24) is 5.32 Å². The fraction of sp³-hybridized carbons (Fsp3) is 0.800. The van der Waals surface area contributed by atoms with Crippen LogP contribution in [0.15, 0.2) is 0 Å². The van der Waals surface area contributed by atoms with Crippen molar-refractivity contribution in [2.24, 2.45) is 5.92 Å². The minimum atomic E-state index is -0.546. The summed E-state index contributed by atoms with van der Waals surface area (Å²) in [6, 6.07) is -0.426. The van der Waals surface area contributed by atoms with E-state index in [1.165, 1.54) is 7.11 Å². The number of hydrogen-bond donors (Lipinski definition) is 1. The van der Waals surface area contributed by atoms with Gasteiger partial charge in [0.1, 0.15) is 0 Å². The highest BCUT2D eigenvalue weighted by atomic mass is 32.2. The summed E-state index contributed by atoms with van der Waals surface area (Å²) in [5.74, 6) is 0.816. The molecule has 0 bridgehead atoms. The second-order valence-electron chi connectivity index (χ2n) is 3.53. The molecule has 0 rings (SSSR count). The zero-order valence-corrected chi connectivity index (χ0v) is 10.5. The molecule has 1 unspecified atom stereocenters. The predicted octanol–water partition coefficient (Wildman–Crippen LogP) is 1.69. The highest BCUT2D eigenvalue weighted by Crippen LogP contribution is 2.07. The fourth-order valence-corrected chi connectivity index (χ4v) is 1.60. The van der Waals surface area contributed by atoms with Crippen molar-refractivity contribution in [3.8, 4) is 0 Å². The van der Waals surface area contributed by atoms with Crippen LogP contribution in [-0.4, -0.2) is 37.0 Å². The van der Waals surface area contributed by atoms with E-state index in [1.807, 2.05) is 20.1 Å². The zero-order chi connectivity index (χ0) is 11.8. The lowest BCUT2D eigenvalue weighted by atomic mass is 10.00. The van der Waals surface area contributed by atoms with E-state index < -0.39 is 12.1 Å². The van der Waals surface area contributed by atoms with Gasteiger partial charge in [0.05, 0.1) is 13.2 Å². The Kier molecular flexibility index (Phi) is 7.21. The van der Waals surface area contributed by atoms with Gasteiger partial charge in [0.15, 0.2) is 5.78 Å². The van der Waals surface area contributed by atoms with Crippen LogP contribution in [0, 0.1) is 5.92 Å². The van der Waals surface area contributed by atoms with E-state index in [1.54, 1.807) is 11.8 Å². The number of nitrogens with one attached hydrogen (secondary N) is 1. The number of hydrogen-bond acceptors (Lipinski definition) is 4. The Morgan fingerprint density at radius 1 is 1.40 bits per heavy atom. The van der Waals surface area contributed by atoms with Crippen molar-refractivity contribution in [1.29, 1.82) is 0 Å². The molecule has 0 radical (unpaired) electrons. The van der Waals surface area contributed by atoms with Crippen molar-refractivity contribution in [2.75, 3.05) is 19.1 Å². The van der Waals surface area contributed by atoms with Crippen LogP contribution in [0.5, 0.6) is 0 Å². The first kappa shape index (κ1) is 14.3. The Balaban J connectivity index is 4.29. The minimum absolute atomic E-state index is 0.0504. The number of ether oxygens (including phenoxy) is 1. The Morgan fingerprint density at radius 2 is 2.00 bits per heavy atom. The number of Topliss-reactive ketones (excluding diaryl/α,β-unsaturated/α-hetero) is 1. The largest absolute Gasteiger partial charge is 0.453 e. The standard InChI is InChI=1S/C10H19NO3S/c1-7(2)9(12)8(5-6-15-4)11-10(13)14-3/h7-8H,5-6H2,1-4H3,(H,11,13). The molecule has 0 saturated carbocycles. The van der Waals surface area contributed by atoms with Gasteiger partial charge in [-0.15, -0.1) is 0 Å². The second kappa shape index (κ2) is 7.56. The van der Waals surface area contributed by atoms with E-state index in [0.717, 1.165) is 5.75 Å². The predicted molar refractivity (Wildman–Crippen MR) is 62.2 cm³/mol. The maximum absolute atomic E-state index is 11.7. The first-order chi connectivity index (χ1) is 7.02. The summed E-state index contributed by atoms with van der Waals surface area (Å²) in [7, 11) is 1.29. The molecule has 0 aliphatic carbocycles. The van der Waals surface area contributed by atoms with Crippen molar-refractivity contribution < 1.29 is 14.3 Å². The molecule has 0 aromatic heterocycles. The Labute approximate surface area is 95.1 Å². The van der Waals surface area contributed by atoms with Crippen LogP contribution >= 0.6 is 11.8 Å². The first-order valence-electron chi connectivity index (χ1n) is 4.90. The molecular formula is C10H19NO3S. The van der Waals surface area contributed by atoms with Gasteiger partial charge >= 0.3 is 6.09 Å². The van der Waals surface area contributed by atoms with Gasteiger partial charge in [-0.2, -0.15) is 11.8 Å². The molecule has 0 saturated heterocycles. The smallest absolute Gasteiger partial charge is 0.407 e. The summed E-state index contributed by atoms with van der Waals surface area (Å²) in [5, 5.41) is 2.56. The molecule has 5 heteroatoms. The van der Waals surface area contributed by atoms with Crippen LogP contribution in [0.2, 0.25) is 0 Å². The van der Waals surface area contributed by atoms with Gasteiger partial charge in [-0.3, -0.25) is 4.79 Å². The van der Waals surface area contributed by atoms with Crippen molar-refractivity contribution in [3.63, 3.8) is 0 Å². The molecule has 0 aliphatic heterocycles. The van der Waals surface area contributed by atoms with Crippen LogP contribution in [0.25, 0.3) is 0 Å². The van der Waals surface area contributed by atoms with E-state index in [9.17, 15) is 9.59 Å². The number of carbonyl (C=O) groups is 2. The van der Waals surface area contributed by atoms with Crippen LogP contribution in [0.4, 0.5) is 4.79 Å². The minimum Gasteiger partial charge on any atom is -0.453 e. The maximum atomic E-state index is 11.7. The number of amides is 1. The lowest BCUT2D eigenvalue weighted by Gasteiger charge is -2.18. The molecular weight excluding hydrogens is 214 g/mol. The van der Waals surface area contributed by atoms with Gasteiger partial charge in [0.25, 0.3) is 0 Å². The van der Waals surface area contributed by atoms with E-state index in [-0.39, 0.29) is 11.7 Å². The Bertz CT molecular complexity index is 219. The topological polar surface area (TPSA) is 55.4 Å². The van der Waals surface area contributed by atoms with Gasteiger partial charge in [-0.1, -0.05) is 13.8 Å². The fourth-order valence-electron chi connectivity index (χ4n) is 1.12. The van der Waals surface area contributed by atoms with E-state index >= 15 is 0 Å². The third-order valence-corrected chi connectivity index (χ3v) is 2.64. The van der Waals surface area contributed by atoms with E-state index in [2.05, 4.69) is 10.1 Å². The van der Waals surface area contributed by atoms with Crippen LogP contribution in [0.1, 0.15) is 20.3 Å². The normalized spacial score (nSPS) is 12.3. The maximum Gasteiger partial charge on any atom is 0.407 e. The molecule has 1 N–H and O–H groups in total. The monoisotopic (exact) mass is 233 g/mol. The van der Waals surface area contributed by atoms with Gasteiger partial charge in [0.2, 0.25) is 0 Å². The molecule has 0 aromatic carbocycles. The SMILES string of the molecule is COC(=O)NC(CCSC)C(=O)C(C)C. The van der Waals surface area contributed by atoms with Crippen molar-refractivity contribution in [3.05, 3.63) is 0 Å². The van der Waals surface area contributed by atoms with Crippen LogP contribution < -0.4 is 5.32 Å². The molecule has 15 heavy (non-hydrogen) atoms. The summed E-state index contributed by atoms with van der Waals surface area (Å²) in [4.78, 5) is 22.7. The van der Waals surface area contributed by atoms with Crippen molar-refractivity contribution >= 4 is 23.6 Å². The molecule has 0 aliphatic rings. The Morgan fingerprint density at radius 3 is 2.40 bits per heavy atom. The number of carbonyl (C=O) groups excluding carboxylic acids is 2. The second-order valence-corrected chi connectivity index (χ2v) is 4.51. The van der Waals surface area contributed by atoms with Gasteiger partial charge in [-0.25, -0.2) is 4.79 Å². The average Bonchev–Trinajstić information content (AvgIpc) is 2.22. The van der Waals surface area contributed by atoms with Crippen LogP contribution in [0.3, 0.4) is 0 Å². The number of thioether (sulfide) groups is 1. The lowest BCUT2D eigenvalue weighted by molar-refractivity contribution is -0.123. The quantitative estimate of drug-likeness (QED) is 0.758. The molecule has 0 fully saturated rings. The Hall–Kier alpha value is -0.710. The molecule has 0 aromatic rings. The summed E-state index contributed by atoms with van der Waals surface area (Å²) in [5.41, 5.74) is 0. The molecule has 1 atom stereocenters. The first-order valence-corrected chi connectivity index (χ1v) is 6.29. The number of rotatable bonds is 6. The van der Waals surface area contributed by atoms with E-state index in [0.29, 0.717) is 6.42 Å². The highest BCUT2D eigenvalue weighted by Gasteiger charge is 2.22. The molecule has 0 spiro atoms.